The van der Waals surface area contributed by atoms with Crippen LogP contribution >= 0.6 is 0 Å². The lowest BCUT2D eigenvalue weighted by Gasteiger charge is -2.22. The molecule has 1 heterocycles. The number of aromatic nitrogens is 1. The monoisotopic (exact) mass is 344 g/mol. The summed E-state index contributed by atoms with van der Waals surface area (Å²) < 4.78 is 10.7. The molecule has 0 radical (unpaired) electrons. The van der Waals surface area contributed by atoms with Crippen LogP contribution in [0.2, 0.25) is 0 Å². The van der Waals surface area contributed by atoms with Crippen molar-refractivity contribution in [1.29, 1.82) is 0 Å². The van der Waals surface area contributed by atoms with Crippen LogP contribution in [0, 0.1) is 13.8 Å². The van der Waals surface area contributed by atoms with E-state index in [1.807, 2.05) is 40.0 Å². The van der Waals surface area contributed by atoms with Gasteiger partial charge >= 0.3 is 0 Å². The molecule has 6 nitrogen and oxygen atoms in total. The fourth-order valence-corrected chi connectivity index (χ4v) is 2.75. The molecule has 0 atom stereocenters. The molecule has 0 spiro atoms. The van der Waals surface area contributed by atoms with Crippen molar-refractivity contribution in [3.8, 4) is 5.75 Å². The molecule has 0 aliphatic rings. The van der Waals surface area contributed by atoms with Crippen molar-refractivity contribution >= 4 is 5.96 Å². The van der Waals surface area contributed by atoms with Crippen molar-refractivity contribution < 1.29 is 9.26 Å². The largest absolute Gasteiger partial charge is 0.494 e. The van der Waals surface area contributed by atoms with Gasteiger partial charge in [-0.05, 0) is 44.9 Å². The van der Waals surface area contributed by atoms with Crippen LogP contribution in [-0.4, -0.2) is 43.3 Å². The van der Waals surface area contributed by atoms with Gasteiger partial charge in [-0.15, -0.1) is 0 Å². The molecule has 0 bridgehead atoms. The lowest BCUT2D eigenvalue weighted by atomic mass is 10.1. The predicted octanol–water partition coefficient (Wildman–Crippen LogP) is 2.94. The third-order valence-electron chi connectivity index (χ3n) is 4.07. The van der Waals surface area contributed by atoms with Gasteiger partial charge in [0.1, 0.15) is 11.5 Å². The first-order valence-electron chi connectivity index (χ1n) is 8.60. The van der Waals surface area contributed by atoms with Crippen LogP contribution in [0.5, 0.6) is 5.75 Å². The number of nitrogens with one attached hydrogen (secondary N) is 1. The molecule has 0 amide bonds. The fraction of sp³-hybridized carbons (Fsp3) is 0.474. The van der Waals surface area contributed by atoms with E-state index in [9.17, 15) is 0 Å². The molecule has 136 valence electrons. The lowest BCUT2D eigenvalue weighted by molar-refractivity contribution is 0.340. The normalized spacial score (nSPS) is 11.5. The van der Waals surface area contributed by atoms with Crippen LogP contribution in [0.1, 0.15) is 29.5 Å². The Hall–Kier alpha value is -2.50. The van der Waals surface area contributed by atoms with E-state index in [0.29, 0.717) is 6.61 Å². The molecule has 6 heteroatoms. The second kappa shape index (κ2) is 9.11. The van der Waals surface area contributed by atoms with E-state index in [2.05, 4.69) is 32.5 Å². The fourth-order valence-electron chi connectivity index (χ4n) is 2.75. The number of hydrogen-bond acceptors (Lipinski definition) is 4. The molecule has 1 N–H and O–H groups in total. The summed E-state index contributed by atoms with van der Waals surface area (Å²) >= 11 is 0. The molecule has 0 fully saturated rings. The van der Waals surface area contributed by atoms with E-state index in [1.54, 1.807) is 7.05 Å². The van der Waals surface area contributed by atoms with E-state index in [0.717, 1.165) is 48.2 Å². The third-order valence-corrected chi connectivity index (χ3v) is 4.07. The van der Waals surface area contributed by atoms with Crippen molar-refractivity contribution in [2.75, 3.05) is 27.2 Å². The Bertz CT molecular complexity index is 672. The van der Waals surface area contributed by atoms with Crippen LogP contribution in [0.15, 0.2) is 33.8 Å². The Morgan fingerprint density at radius 1 is 1.28 bits per heavy atom. The van der Waals surface area contributed by atoms with Crippen molar-refractivity contribution in [2.24, 2.45) is 4.99 Å². The zero-order valence-electron chi connectivity index (χ0n) is 15.8. The highest BCUT2D eigenvalue weighted by Gasteiger charge is 2.10. The smallest absolute Gasteiger partial charge is 0.193 e. The van der Waals surface area contributed by atoms with Crippen molar-refractivity contribution in [1.82, 2.24) is 15.4 Å². The van der Waals surface area contributed by atoms with Crippen molar-refractivity contribution in [2.45, 2.75) is 33.7 Å². The molecule has 0 aliphatic heterocycles. The van der Waals surface area contributed by atoms with E-state index in [1.165, 1.54) is 5.56 Å². The number of aryl methyl sites for hydroxylation is 2. The average Bonchev–Trinajstić information content (AvgIpc) is 2.92. The Morgan fingerprint density at radius 3 is 2.56 bits per heavy atom. The highest BCUT2D eigenvalue weighted by atomic mass is 16.5. The van der Waals surface area contributed by atoms with Crippen molar-refractivity contribution in [3.63, 3.8) is 0 Å². The number of ether oxygens (including phenoxy) is 1. The van der Waals surface area contributed by atoms with Crippen LogP contribution in [0.25, 0.3) is 0 Å². The first-order chi connectivity index (χ1) is 12.0. The van der Waals surface area contributed by atoms with Crippen molar-refractivity contribution in [3.05, 3.63) is 46.8 Å². The Labute approximate surface area is 149 Å². The molecule has 0 unspecified atom stereocenters. The van der Waals surface area contributed by atoms with Gasteiger partial charge in [-0.2, -0.15) is 0 Å². The predicted molar refractivity (Wildman–Crippen MR) is 100 cm³/mol. The van der Waals surface area contributed by atoms with Gasteiger partial charge in [-0.1, -0.05) is 17.3 Å². The van der Waals surface area contributed by atoms with E-state index in [4.69, 9.17) is 9.26 Å². The lowest BCUT2D eigenvalue weighted by Crippen LogP contribution is -2.39. The summed E-state index contributed by atoms with van der Waals surface area (Å²) in [7, 11) is 3.83. The standard InChI is InChI=1S/C19H28N4O2/c1-6-24-17-9-7-16(8-10-17)13-23(5)19(20-4)21-12-11-18-14(2)22-25-15(18)3/h7-10H,6,11-13H2,1-5H3,(H,20,21). The summed E-state index contributed by atoms with van der Waals surface area (Å²) in [5.74, 6) is 2.65. The maximum absolute atomic E-state index is 5.48. The summed E-state index contributed by atoms with van der Waals surface area (Å²) in [4.78, 5) is 6.46. The highest BCUT2D eigenvalue weighted by molar-refractivity contribution is 5.79. The zero-order chi connectivity index (χ0) is 18.2. The summed E-state index contributed by atoms with van der Waals surface area (Å²) in [5, 5.41) is 7.39. The van der Waals surface area contributed by atoms with Gasteiger partial charge in [0.25, 0.3) is 0 Å². The molecule has 0 saturated heterocycles. The van der Waals surface area contributed by atoms with Crippen LogP contribution < -0.4 is 10.1 Å². The number of rotatable bonds is 7. The first-order valence-corrected chi connectivity index (χ1v) is 8.60. The SMILES string of the molecule is CCOc1ccc(CN(C)C(=NC)NCCc2c(C)noc2C)cc1. The van der Waals surface area contributed by atoms with Gasteiger partial charge in [-0.3, -0.25) is 4.99 Å². The van der Waals surface area contributed by atoms with Gasteiger partial charge in [0.2, 0.25) is 0 Å². The molecule has 0 saturated carbocycles. The number of nitrogens with zero attached hydrogens (tertiary/aromatic N) is 3. The molecule has 0 aliphatic carbocycles. The Morgan fingerprint density at radius 2 is 2.00 bits per heavy atom. The van der Waals surface area contributed by atoms with Crippen LogP contribution in [0.4, 0.5) is 0 Å². The third kappa shape index (κ3) is 5.24. The van der Waals surface area contributed by atoms with E-state index < -0.39 is 0 Å². The summed E-state index contributed by atoms with van der Waals surface area (Å²) in [5.41, 5.74) is 3.33. The van der Waals surface area contributed by atoms with Gasteiger partial charge < -0.3 is 19.5 Å². The molecule has 1 aromatic carbocycles. The Balaban J connectivity index is 1.87. The van der Waals surface area contributed by atoms with Gasteiger partial charge in [0.05, 0.1) is 12.3 Å². The van der Waals surface area contributed by atoms with E-state index in [-0.39, 0.29) is 0 Å². The minimum absolute atomic E-state index is 0.681. The van der Waals surface area contributed by atoms with E-state index >= 15 is 0 Å². The zero-order valence-corrected chi connectivity index (χ0v) is 15.8. The average molecular weight is 344 g/mol. The minimum Gasteiger partial charge on any atom is -0.494 e. The maximum Gasteiger partial charge on any atom is 0.193 e. The number of guanidine groups is 1. The second-order valence-corrected chi connectivity index (χ2v) is 5.96. The molecular formula is C19H28N4O2. The molecule has 2 rings (SSSR count). The van der Waals surface area contributed by atoms with Crippen LogP contribution in [0.3, 0.4) is 0 Å². The minimum atomic E-state index is 0.681. The van der Waals surface area contributed by atoms with Crippen LogP contribution in [-0.2, 0) is 13.0 Å². The van der Waals surface area contributed by atoms with Gasteiger partial charge in [0.15, 0.2) is 5.96 Å². The molecular weight excluding hydrogens is 316 g/mol. The first kappa shape index (κ1) is 18.8. The maximum atomic E-state index is 5.48. The molecule has 1 aromatic heterocycles. The topological polar surface area (TPSA) is 62.9 Å². The summed E-state index contributed by atoms with van der Waals surface area (Å²) in [6, 6.07) is 8.16. The summed E-state index contributed by atoms with van der Waals surface area (Å²) in [6.07, 6.45) is 0.858. The summed E-state index contributed by atoms with van der Waals surface area (Å²) in [6.45, 7) is 8.14. The second-order valence-electron chi connectivity index (χ2n) is 5.96. The molecule has 25 heavy (non-hydrogen) atoms. The number of hydrogen-bond donors (Lipinski definition) is 1. The van der Waals surface area contributed by atoms with Gasteiger partial charge in [0, 0.05) is 32.7 Å². The number of benzene rings is 1. The highest BCUT2D eigenvalue weighted by Crippen LogP contribution is 2.14. The molecule has 2 aromatic rings. The quantitative estimate of drug-likeness (QED) is 0.618. The Kier molecular flexibility index (Phi) is 6.86. The van der Waals surface area contributed by atoms with Gasteiger partial charge in [-0.25, -0.2) is 0 Å². The number of aliphatic imine (C=N–C) groups is 1.